The second-order valence-electron chi connectivity index (χ2n) is 9.63. The van der Waals surface area contributed by atoms with Gasteiger partial charge in [-0.25, -0.2) is 4.39 Å². The molecule has 8 nitrogen and oxygen atoms in total. The average molecular weight is 551 g/mol. The molecule has 3 aromatic rings. The zero-order valence-electron chi connectivity index (χ0n) is 21.0. The Balaban J connectivity index is 1.19. The van der Waals surface area contributed by atoms with Gasteiger partial charge in [0.05, 0.1) is 17.2 Å². The quantitative estimate of drug-likeness (QED) is 0.261. The topological polar surface area (TPSA) is 118 Å². The Labute approximate surface area is 221 Å². The molecule has 12 heteroatoms. The van der Waals surface area contributed by atoms with E-state index in [2.05, 4.69) is 20.5 Å². The fraction of sp³-hybridized carbons (Fsp3) is 0.407. The number of carbonyl (C=O) groups excluding carboxylic acids is 1. The van der Waals surface area contributed by atoms with Crippen LogP contribution in [-0.2, 0) is 17.5 Å². The number of phenols is 1. The van der Waals surface area contributed by atoms with Crippen LogP contribution in [0, 0.1) is 5.82 Å². The molecule has 39 heavy (non-hydrogen) atoms. The largest absolute Gasteiger partial charge is 0.506 e. The number of benzene rings is 2. The van der Waals surface area contributed by atoms with Crippen LogP contribution in [-0.4, -0.2) is 58.2 Å². The van der Waals surface area contributed by atoms with Crippen molar-refractivity contribution in [2.75, 3.05) is 26.2 Å². The van der Waals surface area contributed by atoms with Gasteiger partial charge in [0.2, 0.25) is 11.5 Å². The predicted octanol–water partition coefficient (Wildman–Crippen LogP) is 3.19. The van der Waals surface area contributed by atoms with Crippen molar-refractivity contribution in [2.45, 2.75) is 44.1 Å². The number of pyridine rings is 1. The molecule has 0 unspecified atom stereocenters. The van der Waals surface area contributed by atoms with Gasteiger partial charge in [-0.1, -0.05) is 18.2 Å². The van der Waals surface area contributed by atoms with Crippen molar-refractivity contribution in [3.05, 3.63) is 75.3 Å². The summed E-state index contributed by atoms with van der Waals surface area (Å²) in [6.07, 6.45) is -3.96. The van der Waals surface area contributed by atoms with Crippen molar-refractivity contribution in [1.82, 2.24) is 20.5 Å². The molecule has 1 aliphatic heterocycles. The van der Waals surface area contributed by atoms with E-state index < -0.39 is 23.7 Å². The van der Waals surface area contributed by atoms with Gasteiger partial charge in [-0.15, -0.1) is 0 Å². The first-order valence-corrected chi connectivity index (χ1v) is 12.6. The van der Waals surface area contributed by atoms with E-state index in [1.165, 1.54) is 18.2 Å². The molecule has 1 aromatic heterocycles. The molecular weight excluding hydrogens is 520 g/mol. The highest BCUT2D eigenvalue weighted by atomic mass is 19.4. The van der Waals surface area contributed by atoms with E-state index in [1.54, 1.807) is 12.1 Å². The van der Waals surface area contributed by atoms with Gasteiger partial charge >= 0.3 is 6.18 Å². The maximum atomic E-state index is 14.1. The van der Waals surface area contributed by atoms with Gasteiger partial charge in [-0.05, 0) is 49.7 Å². The number of aliphatic hydroxyl groups is 1. The molecule has 0 aliphatic carbocycles. The molecule has 2 aromatic carbocycles. The van der Waals surface area contributed by atoms with E-state index in [1.807, 2.05) is 0 Å². The Morgan fingerprint density at radius 1 is 1.13 bits per heavy atom. The summed E-state index contributed by atoms with van der Waals surface area (Å²) < 4.78 is 52.7. The summed E-state index contributed by atoms with van der Waals surface area (Å²) >= 11 is 0. The number of nitrogens with zero attached hydrogens (tertiary/aromatic N) is 1. The van der Waals surface area contributed by atoms with E-state index >= 15 is 0 Å². The minimum atomic E-state index is -4.80. The Kier molecular flexibility index (Phi) is 8.88. The number of alkyl halides is 3. The van der Waals surface area contributed by atoms with Gasteiger partial charge in [-0.3, -0.25) is 9.59 Å². The minimum Gasteiger partial charge on any atom is -0.506 e. The first-order chi connectivity index (χ1) is 18.5. The molecule has 2 heterocycles. The Bertz CT molecular complexity index is 1370. The normalized spacial score (nSPS) is 15.9. The van der Waals surface area contributed by atoms with Crippen molar-refractivity contribution >= 4 is 16.8 Å². The fourth-order valence-electron chi connectivity index (χ4n) is 4.78. The van der Waals surface area contributed by atoms with E-state index in [4.69, 9.17) is 0 Å². The standard InChI is InChI=1S/C27H30F4N4O4/c28-25-16(2-1-3-20(25)27(29,30)31)14-33-23(38)10-13-35-11-8-17(9-12-35)32-15-22(37)18-4-6-21(36)26-19(18)5-7-24(39)34-26/h1-7,17,22,32,36-37H,8-15H2,(H,33,38)(H,34,39)/t22-/m0/s1. The summed E-state index contributed by atoms with van der Waals surface area (Å²) in [6.45, 7) is 1.84. The molecular formula is C27H30F4N4O4. The summed E-state index contributed by atoms with van der Waals surface area (Å²) in [5.41, 5.74) is -1.07. The number of carbonyl (C=O) groups is 1. The lowest BCUT2D eigenvalue weighted by Crippen LogP contribution is -2.44. The predicted molar refractivity (Wildman–Crippen MR) is 137 cm³/mol. The molecule has 0 bridgehead atoms. The Morgan fingerprint density at radius 3 is 2.59 bits per heavy atom. The van der Waals surface area contributed by atoms with Gasteiger partial charge < -0.3 is 30.7 Å². The number of fused-ring (bicyclic) bond motifs is 1. The summed E-state index contributed by atoms with van der Waals surface area (Å²) in [5.74, 6) is -1.83. The van der Waals surface area contributed by atoms with Crippen LogP contribution < -0.4 is 16.2 Å². The third-order valence-corrected chi connectivity index (χ3v) is 6.97. The molecule has 4 rings (SSSR count). The monoisotopic (exact) mass is 550 g/mol. The van der Waals surface area contributed by atoms with E-state index in [0.717, 1.165) is 18.9 Å². The van der Waals surface area contributed by atoms with Gasteiger partial charge in [0.1, 0.15) is 11.6 Å². The van der Waals surface area contributed by atoms with Crippen LogP contribution in [0.1, 0.15) is 42.1 Å². The number of nitrogens with one attached hydrogen (secondary N) is 3. The zero-order valence-corrected chi connectivity index (χ0v) is 21.0. The number of phenolic OH excluding ortho intramolecular Hbond substituents is 1. The Hall–Kier alpha value is -3.48. The smallest absolute Gasteiger partial charge is 0.419 e. The van der Waals surface area contributed by atoms with E-state index in [-0.39, 0.29) is 53.8 Å². The van der Waals surface area contributed by atoms with Crippen molar-refractivity contribution in [3.8, 4) is 5.75 Å². The van der Waals surface area contributed by atoms with Gasteiger partial charge in [0.15, 0.2) is 0 Å². The molecule has 1 saturated heterocycles. The first-order valence-electron chi connectivity index (χ1n) is 12.6. The lowest BCUT2D eigenvalue weighted by molar-refractivity contribution is -0.140. The number of hydrogen-bond donors (Lipinski definition) is 5. The zero-order chi connectivity index (χ0) is 28.2. The van der Waals surface area contributed by atoms with Crippen LogP contribution >= 0.6 is 0 Å². The number of rotatable bonds is 9. The number of aromatic nitrogens is 1. The number of aromatic amines is 1. The lowest BCUT2D eigenvalue weighted by atomic mass is 10.0. The van der Waals surface area contributed by atoms with Crippen LogP contribution in [0.25, 0.3) is 10.9 Å². The number of likely N-dealkylation sites (tertiary alicyclic amines) is 1. The minimum absolute atomic E-state index is 0.0736. The number of aliphatic hydroxyl groups excluding tert-OH is 1. The number of amides is 1. The molecule has 5 N–H and O–H groups in total. The highest BCUT2D eigenvalue weighted by Gasteiger charge is 2.34. The van der Waals surface area contributed by atoms with Crippen LogP contribution in [0.3, 0.4) is 0 Å². The third-order valence-electron chi connectivity index (χ3n) is 6.97. The highest BCUT2D eigenvalue weighted by molar-refractivity contribution is 5.87. The third kappa shape index (κ3) is 7.14. The van der Waals surface area contributed by atoms with Gasteiger partial charge in [0, 0.05) is 49.1 Å². The molecule has 0 saturated carbocycles. The number of H-pyrrole nitrogens is 1. The van der Waals surface area contributed by atoms with Crippen molar-refractivity contribution in [3.63, 3.8) is 0 Å². The highest BCUT2D eigenvalue weighted by Crippen LogP contribution is 2.32. The van der Waals surface area contributed by atoms with Gasteiger partial charge in [-0.2, -0.15) is 13.2 Å². The second kappa shape index (κ2) is 12.1. The molecule has 1 aliphatic rings. The first kappa shape index (κ1) is 28.5. The fourth-order valence-corrected chi connectivity index (χ4v) is 4.78. The maximum Gasteiger partial charge on any atom is 0.419 e. The molecule has 0 spiro atoms. The van der Waals surface area contributed by atoms with Crippen LogP contribution in [0.15, 0.2) is 47.3 Å². The molecule has 0 radical (unpaired) electrons. The summed E-state index contributed by atoms with van der Waals surface area (Å²) in [4.78, 5) is 28.5. The average Bonchev–Trinajstić information content (AvgIpc) is 2.90. The molecule has 1 amide bonds. The van der Waals surface area contributed by atoms with Crippen molar-refractivity contribution in [1.29, 1.82) is 0 Å². The lowest BCUT2D eigenvalue weighted by Gasteiger charge is -2.32. The maximum absolute atomic E-state index is 14.1. The van der Waals surface area contributed by atoms with Gasteiger partial charge in [0.25, 0.3) is 0 Å². The summed E-state index contributed by atoms with van der Waals surface area (Å²) in [5, 5.41) is 27.2. The summed E-state index contributed by atoms with van der Waals surface area (Å²) in [7, 11) is 0. The van der Waals surface area contributed by atoms with E-state index in [0.29, 0.717) is 36.7 Å². The van der Waals surface area contributed by atoms with Crippen LogP contribution in [0.5, 0.6) is 5.75 Å². The van der Waals surface area contributed by atoms with E-state index in [9.17, 15) is 37.4 Å². The molecule has 1 fully saturated rings. The number of aromatic hydroxyl groups is 1. The molecule has 1 atom stereocenters. The molecule has 210 valence electrons. The van der Waals surface area contributed by atoms with Crippen LogP contribution in [0.4, 0.5) is 17.6 Å². The summed E-state index contributed by atoms with van der Waals surface area (Å²) in [6, 6.07) is 9.10. The Morgan fingerprint density at radius 2 is 1.87 bits per heavy atom. The van der Waals surface area contributed by atoms with Crippen molar-refractivity contribution < 1.29 is 32.6 Å². The number of hydrogen-bond acceptors (Lipinski definition) is 6. The van der Waals surface area contributed by atoms with Crippen molar-refractivity contribution in [2.24, 2.45) is 0 Å². The van der Waals surface area contributed by atoms with Crippen LogP contribution in [0.2, 0.25) is 0 Å². The SMILES string of the molecule is O=C(CCN1CCC(NC[C@H](O)c2ccc(O)c3[nH]c(=O)ccc23)CC1)NCc1cccc(C(F)(F)F)c1F. The number of halogens is 4. The second-order valence-corrected chi connectivity index (χ2v) is 9.63. The number of piperidine rings is 1.